The molecule has 0 saturated heterocycles. The van der Waals surface area contributed by atoms with Gasteiger partial charge >= 0.3 is 0 Å². The van der Waals surface area contributed by atoms with Gasteiger partial charge in [0, 0.05) is 10.9 Å². The van der Waals surface area contributed by atoms with Gasteiger partial charge in [-0.15, -0.1) is 0 Å². The van der Waals surface area contributed by atoms with E-state index in [0.29, 0.717) is 0 Å². The summed E-state index contributed by atoms with van der Waals surface area (Å²) in [4.78, 5) is 0. The van der Waals surface area contributed by atoms with Crippen LogP contribution in [0.25, 0.3) is 16.5 Å². The Morgan fingerprint density at radius 2 is 1.68 bits per heavy atom. The van der Waals surface area contributed by atoms with Gasteiger partial charge < -0.3 is 0 Å². The fourth-order valence-electron chi connectivity index (χ4n) is 3.45. The molecule has 0 fully saturated rings. The number of aromatic nitrogens is 2. The highest BCUT2D eigenvalue weighted by atomic mass is 15.3. The molecule has 0 aliphatic heterocycles. The normalized spacial score (nSPS) is 11.4. The predicted octanol–water partition coefficient (Wildman–Crippen LogP) is 5.71. The zero-order chi connectivity index (χ0) is 19.7. The zero-order valence-electron chi connectivity index (χ0n) is 16.7. The summed E-state index contributed by atoms with van der Waals surface area (Å²) in [6, 6.07) is 20.9. The lowest BCUT2D eigenvalue weighted by atomic mass is 10.1. The van der Waals surface area contributed by atoms with Gasteiger partial charge in [-0.1, -0.05) is 42.5 Å². The Bertz CT molecular complexity index is 1180. The first kappa shape index (κ1) is 18.0. The molecule has 0 radical (unpaired) electrons. The van der Waals surface area contributed by atoms with Crippen molar-refractivity contribution in [1.82, 2.24) is 9.78 Å². The third-order valence-electron chi connectivity index (χ3n) is 5.24. The van der Waals surface area contributed by atoms with Crippen molar-refractivity contribution in [3.63, 3.8) is 0 Å². The highest BCUT2D eigenvalue weighted by Gasteiger charge is 2.13. The Hall–Kier alpha value is -3.40. The Kier molecular flexibility index (Phi) is 4.70. The number of aryl methyl sites for hydroxylation is 3. The molecule has 0 spiro atoms. The van der Waals surface area contributed by atoms with Crippen LogP contribution in [0.1, 0.15) is 28.1 Å². The second kappa shape index (κ2) is 7.31. The van der Waals surface area contributed by atoms with Crippen LogP contribution in [0.5, 0.6) is 0 Å². The van der Waals surface area contributed by atoms with Crippen LogP contribution in [0.15, 0.2) is 65.8 Å². The third-order valence-corrected chi connectivity index (χ3v) is 5.24. The van der Waals surface area contributed by atoms with Gasteiger partial charge in [0.25, 0.3) is 0 Å². The van der Waals surface area contributed by atoms with E-state index in [1.165, 1.54) is 21.9 Å². The van der Waals surface area contributed by atoms with Crippen LogP contribution in [-0.4, -0.2) is 16.0 Å². The topological polar surface area (TPSA) is 42.2 Å². The van der Waals surface area contributed by atoms with Crippen LogP contribution in [0.4, 0.5) is 5.69 Å². The molecule has 0 amide bonds. The number of fused-ring (bicyclic) bond motifs is 1. The number of hydrazone groups is 1. The van der Waals surface area contributed by atoms with Gasteiger partial charge in [0.05, 0.1) is 29.0 Å². The van der Waals surface area contributed by atoms with E-state index in [-0.39, 0.29) is 0 Å². The van der Waals surface area contributed by atoms with Crippen LogP contribution in [0.2, 0.25) is 0 Å². The van der Waals surface area contributed by atoms with Crippen molar-refractivity contribution in [3.05, 3.63) is 88.7 Å². The molecule has 0 unspecified atom stereocenters. The first-order valence-corrected chi connectivity index (χ1v) is 9.45. The Morgan fingerprint density at radius 3 is 2.50 bits per heavy atom. The summed E-state index contributed by atoms with van der Waals surface area (Å²) in [5.41, 5.74) is 10.8. The van der Waals surface area contributed by atoms with Crippen LogP contribution in [0.3, 0.4) is 0 Å². The van der Waals surface area contributed by atoms with Crippen LogP contribution >= 0.6 is 0 Å². The minimum atomic E-state index is 0.955. The summed E-state index contributed by atoms with van der Waals surface area (Å²) in [6.45, 7) is 8.31. The smallest absolute Gasteiger partial charge is 0.0727 e. The lowest BCUT2D eigenvalue weighted by Gasteiger charge is -2.08. The summed E-state index contributed by atoms with van der Waals surface area (Å²) in [7, 11) is 0. The average molecular weight is 368 g/mol. The molecule has 4 aromatic rings. The first-order chi connectivity index (χ1) is 13.5. The molecule has 0 aliphatic rings. The van der Waals surface area contributed by atoms with Gasteiger partial charge in [0.2, 0.25) is 0 Å². The van der Waals surface area contributed by atoms with Crippen molar-refractivity contribution in [3.8, 4) is 5.69 Å². The predicted molar refractivity (Wildman–Crippen MR) is 118 cm³/mol. The van der Waals surface area contributed by atoms with Gasteiger partial charge in [0.15, 0.2) is 0 Å². The Labute approximate surface area is 165 Å². The molecule has 4 rings (SSSR count). The second-order valence-corrected chi connectivity index (χ2v) is 7.16. The summed E-state index contributed by atoms with van der Waals surface area (Å²) >= 11 is 0. The molecule has 3 aromatic carbocycles. The molecule has 4 heteroatoms. The average Bonchev–Trinajstić information content (AvgIpc) is 2.98. The number of nitrogens with one attached hydrogen (secondary N) is 1. The lowest BCUT2D eigenvalue weighted by Crippen LogP contribution is -2.00. The van der Waals surface area contributed by atoms with E-state index in [1.807, 2.05) is 23.9 Å². The Morgan fingerprint density at radius 1 is 0.893 bits per heavy atom. The molecule has 1 N–H and O–H groups in total. The second-order valence-electron chi connectivity index (χ2n) is 7.16. The van der Waals surface area contributed by atoms with Crippen molar-refractivity contribution < 1.29 is 0 Å². The molecule has 0 bridgehead atoms. The van der Waals surface area contributed by atoms with E-state index < -0.39 is 0 Å². The standard InChI is InChI=1S/C24H24N4/c1-16-12-13-21(14-17(16)2)26-25-15-23-18(3)27-28(19(23)4)24-11-7-9-20-8-5-6-10-22(20)24/h5-15,26H,1-4H3/b25-15+. The van der Waals surface area contributed by atoms with E-state index >= 15 is 0 Å². The van der Waals surface area contributed by atoms with Crippen molar-refractivity contribution in [2.24, 2.45) is 5.10 Å². The number of anilines is 1. The van der Waals surface area contributed by atoms with Gasteiger partial charge in [-0.3, -0.25) is 5.43 Å². The number of benzene rings is 3. The van der Waals surface area contributed by atoms with Gasteiger partial charge in [-0.25, -0.2) is 4.68 Å². The third kappa shape index (κ3) is 3.29. The maximum atomic E-state index is 4.78. The number of rotatable bonds is 4. The fourth-order valence-corrected chi connectivity index (χ4v) is 3.45. The van der Waals surface area contributed by atoms with Crippen molar-refractivity contribution >= 4 is 22.7 Å². The van der Waals surface area contributed by atoms with Crippen molar-refractivity contribution in [2.75, 3.05) is 5.43 Å². The molecule has 1 heterocycles. The minimum Gasteiger partial charge on any atom is -0.278 e. The highest BCUT2D eigenvalue weighted by Crippen LogP contribution is 2.24. The number of hydrogen-bond donors (Lipinski definition) is 1. The van der Waals surface area contributed by atoms with Crippen LogP contribution in [0, 0.1) is 27.7 Å². The van der Waals surface area contributed by atoms with Gasteiger partial charge in [0.1, 0.15) is 0 Å². The SMILES string of the molecule is Cc1ccc(N/N=C/c2c(C)nn(-c3cccc4ccccc34)c2C)cc1C. The maximum absolute atomic E-state index is 4.78. The summed E-state index contributed by atoms with van der Waals surface area (Å²) in [5.74, 6) is 0. The van der Waals surface area contributed by atoms with Crippen LogP contribution < -0.4 is 5.43 Å². The first-order valence-electron chi connectivity index (χ1n) is 9.45. The van der Waals surface area contributed by atoms with E-state index in [9.17, 15) is 0 Å². The number of hydrogen-bond acceptors (Lipinski definition) is 3. The molecular formula is C24H24N4. The summed E-state index contributed by atoms with van der Waals surface area (Å²) in [6.07, 6.45) is 1.86. The monoisotopic (exact) mass is 368 g/mol. The molecule has 0 atom stereocenters. The maximum Gasteiger partial charge on any atom is 0.0727 e. The summed E-state index contributed by atoms with van der Waals surface area (Å²) in [5, 5.41) is 11.6. The molecule has 0 saturated carbocycles. The van der Waals surface area contributed by atoms with E-state index in [2.05, 4.69) is 85.9 Å². The zero-order valence-corrected chi connectivity index (χ0v) is 16.7. The Balaban J connectivity index is 1.66. The van der Waals surface area contributed by atoms with Crippen molar-refractivity contribution in [1.29, 1.82) is 0 Å². The van der Waals surface area contributed by atoms with E-state index in [1.54, 1.807) is 0 Å². The molecule has 0 aliphatic carbocycles. The van der Waals surface area contributed by atoms with Crippen LogP contribution in [-0.2, 0) is 0 Å². The van der Waals surface area contributed by atoms with E-state index in [0.717, 1.165) is 28.3 Å². The minimum absolute atomic E-state index is 0.955. The summed E-state index contributed by atoms with van der Waals surface area (Å²) < 4.78 is 2.01. The van der Waals surface area contributed by atoms with E-state index in [4.69, 9.17) is 5.10 Å². The molecule has 4 nitrogen and oxygen atoms in total. The van der Waals surface area contributed by atoms with Gasteiger partial charge in [-0.05, 0) is 62.4 Å². The molecule has 1 aromatic heterocycles. The molecule has 28 heavy (non-hydrogen) atoms. The van der Waals surface area contributed by atoms with Crippen molar-refractivity contribution in [2.45, 2.75) is 27.7 Å². The largest absolute Gasteiger partial charge is 0.278 e. The van der Waals surface area contributed by atoms with Gasteiger partial charge in [-0.2, -0.15) is 10.2 Å². The molecular weight excluding hydrogens is 344 g/mol. The fraction of sp³-hybridized carbons (Fsp3) is 0.167. The quantitative estimate of drug-likeness (QED) is 0.370. The number of nitrogens with zero attached hydrogens (tertiary/aromatic N) is 3. The highest BCUT2D eigenvalue weighted by molar-refractivity contribution is 5.91. The molecule has 140 valence electrons. The lowest BCUT2D eigenvalue weighted by molar-refractivity contribution is 0.839.